The first-order chi connectivity index (χ1) is 11.0. The summed E-state index contributed by atoms with van der Waals surface area (Å²) in [5.74, 6) is 0.146. The summed E-state index contributed by atoms with van der Waals surface area (Å²) < 4.78 is 0. The van der Waals surface area contributed by atoms with E-state index in [9.17, 15) is 4.79 Å². The van der Waals surface area contributed by atoms with Crippen molar-refractivity contribution in [3.63, 3.8) is 0 Å². The molecule has 6 heteroatoms. The van der Waals surface area contributed by atoms with E-state index in [-0.39, 0.29) is 5.91 Å². The van der Waals surface area contributed by atoms with Crippen LogP contribution in [-0.4, -0.2) is 36.5 Å². The van der Waals surface area contributed by atoms with Crippen LogP contribution in [0.15, 0.2) is 43.0 Å². The van der Waals surface area contributed by atoms with E-state index >= 15 is 0 Å². The van der Waals surface area contributed by atoms with Gasteiger partial charge in [0.25, 0.3) is 5.91 Å². The zero-order chi connectivity index (χ0) is 16.8. The fourth-order valence-corrected chi connectivity index (χ4v) is 1.97. The van der Waals surface area contributed by atoms with Gasteiger partial charge in [-0.2, -0.15) is 0 Å². The van der Waals surface area contributed by atoms with Gasteiger partial charge in [-0.05, 0) is 37.3 Å². The standard InChI is InChI=1S/C17H21N5O/c1-5-10-18-16(23)15-11-12(2)19-17(21-15)20-13-6-8-14(9-7-13)22(3)4/h5-9,11H,1,10H2,2-4H3,(H,18,23)(H,19,20,21). The summed E-state index contributed by atoms with van der Waals surface area (Å²) >= 11 is 0. The van der Waals surface area contributed by atoms with Gasteiger partial charge in [-0.3, -0.25) is 4.79 Å². The smallest absolute Gasteiger partial charge is 0.270 e. The Bertz CT molecular complexity index is 695. The average molecular weight is 311 g/mol. The molecule has 1 amide bonds. The SMILES string of the molecule is C=CCNC(=O)c1cc(C)nc(Nc2ccc(N(C)C)cc2)n1. The number of rotatable bonds is 6. The topological polar surface area (TPSA) is 70.2 Å². The second-order valence-electron chi connectivity index (χ2n) is 5.28. The molecule has 1 aromatic carbocycles. The van der Waals surface area contributed by atoms with Gasteiger partial charge in [0, 0.05) is 37.7 Å². The fourth-order valence-electron chi connectivity index (χ4n) is 1.97. The number of aromatic nitrogens is 2. The summed E-state index contributed by atoms with van der Waals surface area (Å²) in [5, 5.41) is 5.83. The van der Waals surface area contributed by atoms with Gasteiger partial charge in [0.1, 0.15) is 5.69 Å². The molecule has 2 rings (SSSR count). The number of nitrogens with one attached hydrogen (secondary N) is 2. The number of nitrogens with zero attached hydrogens (tertiary/aromatic N) is 3. The van der Waals surface area contributed by atoms with Gasteiger partial charge in [0.05, 0.1) is 0 Å². The lowest BCUT2D eigenvalue weighted by atomic mass is 10.2. The third kappa shape index (κ3) is 4.54. The van der Waals surface area contributed by atoms with Gasteiger partial charge in [-0.1, -0.05) is 6.08 Å². The number of anilines is 3. The van der Waals surface area contributed by atoms with Crippen molar-refractivity contribution in [1.82, 2.24) is 15.3 Å². The van der Waals surface area contributed by atoms with Crippen LogP contribution in [0.5, 0.6) is 0 Å². The van der Waals surface area contributed by atoms with Gasteiger partial charge >= 0.3 is 0 Å². The quantitative estimate of drug-likeness (QED) is 0.802. The molecule has 120 valence electrons. The second kappa shape index (κ2) is 7.40. The number of aryl methyl sites for hydroxylation is 1. The Morgan fingerprint density at radius 2 is 1.96 bits per heavy atom. The van der Waals surface area contributed by atoms with Crippen LogP contribution >= 0.6 is 0 Å². The van der Waals surface area contributed by atoms with Crippen LogP contribution in [0.3, 0.4) is 0 Å². The maximum Gasteiger partial charge on any atom is 0.270 e. The van der Waals surface area contributed by atoms with Gasteiger partial charge in [0.2, 0.25) is 5.95 Å². The average Bonchev–Trinajstić information content (AvgIpc) is 2.52. The third-order valence-corrected chi connectivity index (χ3v) is 3.13. The Morgan fingerprint density at radius 3 is 2.57 bits per heavy atom. The van der Waals surface area contributed by atoms with E-state index in [2.05, 4.69) is 27.2 Å². The van der Waals surface area contributed by atoms with Crippen LogP contribution < -0.4 is 15.5 Å². The van der Waals surface area contributed by atoms with Crippen LogP contribution in [0.2, 0.25) is 0 Å². The van der Waals surface area contributed by atoms with Crippen LogP contribution in [0.4, 0.5) is 17.3 Å². The number of hydrogen-bond acceptors (Lipinski definition) is 5. The highest BCUT2D eigenvalue weighted by Gasteiger charge is 2.10. The molecule has 0 spiro atoms. The molecule has 23 heavy (non-hydrogen) atoms. The van der Waals surface area contributed by atoms with E-state index in [1.165, 1.54) is 0 Å². The molecule has 1 heterocycles. The minimum atomic E-state index is -0.249. The molecule has 1 aromatic heterocycles. The van der Waals surface area contributed by atoms with Crippen LogP contribution in [0.1, 0.15) is 16.2 Å². The molecule has 0 bridgehead atoms. The number of hydrogen-bond donors (Lipinski definition) is 2. The highest BCUT2D eigenvalue weighted by atomic mass is 16.1. The van der Waals surface area contributed by atoms with Crippen LogP contribution in [0.25, 0.3) is 0 Å². The van der Waals surface area contributed by atoms with Crippen molar-refractivity contribution in [3.05, 3.63) is 54.4 Å². The molecule has 0 aliphatic heterocycles. The predicted octanol–water partition coefficient (Wildman–Crippen LogP) is 2.51. The second-order valence-corrected chi connectivity index (χ2v) is 5.28. The molecule has 2 N–H and O–H groups in total. The third-order valence-electron chi connectivity index (χ3n) is 3.13. The molecular formula is C17H21N5O. The maximum absolute atomic E-state index is 12.0. The largest absolute Gasteiger partial charge is 0.378 e. The Labute approximate surface area is 136 Å². The molecule has 0 fully saturated rings. The molecule has 0 radical (unpaired) electrons. The summed E-state index contributed by atoms with van der Waals surface area (Å²) in [6.45, 7) is 5.80. The van der Waals surface area contributed by atoms with E-state index in [1.54, 1.807) is 12.1 Å². The Balaban J connectivity index is 2.17. The van der Waals surface area contributed by atoms with Crippen molar-refractivity contribution in [2.24, 2.45) is 0 Å². The van der Waals surface area contributed by atoms with Gasteiger partial charge < -0.3 is 15.5 Å². The molecule has 0 aliphatic rings. The maximum atomic E-state index is 12.0. The first-order valence-electron chi connectivity index (χ1n) is 7.29. The number of carbonyl (C=O) groups is 1. The van der Waals surface area contributed by atoms with Crippen molar-refractivity contribution in [3.8, 4) is 0 Å². The minimum Gasteiger partial charge on any atom is -0.378 e. The summed E-state index contributed by atoms with van der Waals surface area (Å²) in [4.78, 5) is 22.6. The fraction of sp³-hybridized carbons (Fsp3) is 0.235. The Kier molecular flexibility index (Phi) is 5.30. The Hall–Kier alpha value is -2.89. The van der Waals surface area contributed by atoms with Crippen molar-refractivity contribution in [1.29, 1.82) is 0 Å². The predicted molar refractivity (Wildman–Crippen MR) is 93.4 cm³/mol. The monoisotopic (exact) mass is 311 g/mol. The number of carbonyl (C=O) groups excluding carboxylic acids is 1. The van der Waals surface area contributed by atoms with E-state index in [0.717, 1.165) is 17.1 Å². The zero-order valence-electron chi connectivity index (χ0n) is 13.6. The summed E-state index contributed by atoms with van der Waals surface area (Å²) in [5.41, 5.74) is 3.01. The van der Waals surface area contributed by atoms with Crippen LogP contribution in [0, 0.1) is 6.92 Å². The Morgan fingerprint density at radius 1 is 1.26 bits per heavy atom. The van der Waals surface area contributed by atoms with Crippen molar-refractivity contribution < 1.29 is 4.79 Å². The first kappa shape index (κ1) is 16.5. The number of benzene rings is 1. The summed E-state index contributed by atoms with van der Waals surface area (Å²) in [6.07, 6.45) is 1.62. The normalized spacial score (nSPS) is 10.0. The van der Waals surface area contributed by atoms with Gasteiger partial charge in [-0.25, -0.2) is 9.97 Å². The molecule has 2 aromatic rings. The van der Waals surface area contributed by atoms with Gasteiger partial charge in [-0.15, -0.1) is 6.58 Å². The molecular weight excluding hydrogens is 290 g/mol. The van der Waals surface area contributed by atoms with Crippen molar-refractivity contribution >= 4 is 23.2 Å². The minimum absolute atomic E-state index is 0.249. The molecule has 6 nitrogen and oxygen atoms in total. The van der Waals surface area contributed by atoms with E-state index in [4.69, 9.17) is 0 Å². The lowest BCUT2D eigenvalue weighted by Crippen LogP contribution is -2.24. The van der Waals surface area contributed by atoms with Gasteiger partial charge in [0.15, 0.2) is 0 Å². The first-order valence-corrected chi connectivity index (χ1v) is 7.29. The van der Waals surface area contributed by atoms with E-state index in [0.29, 0.717) is 18.2 Å². The van der Waals surface area contributed by atoms with E-state index in [1.807, 2.05) is 50.2 Å². The van der Waals surface area contributed by atoms with Crippen molar-refractivity contribution in [2.45, 2.75) is 6.92 Å². The molecule has 0 saturated carbocycles. The molecule has 0 aliphatic carbocycles. The lowest BCUT2D eigenvalue weighted by molar-refractivity contribution is 0.0953. The summed E-state index contributed by atoms with van der Waals surface area (Å²) in [7, 11) is 3.97. The molecule has 0 unspecified atom stereocenters. The summed E-state index contributed by atoms with van der Waals surface area (Å²) in [6, 6.07) is 9.53. The van der Waals surface area contributed by atoms with Crippen LogP contribution in [-0.2, 0) is 0 Å². The highest BCUT2D eigenvalue weighted by Crippen LogP contribution is 2.18. The lowest BCUT2D eigenvalue weighted by Gasteiger charge is -2.13. The molecule has 0 atom stereocenters. The van der Waals surface area contributed by atoms with E-state index < -0.39 is 0 Å². The van der Waals surface area contributed by atoms with Crippen molar-refractivity contribution in [2.75, 3.05) is 30.9 Å². The number of amides is 1. The molecule has 0 saturated heterocycles. The zero-order valence-corrected chi connectivity index (χ0v) is 13.6. The highest BCUT2D eigenvalue weighted by molar-refractivity contribution is 5.92.